The maximum Gasteiger partial charge on any atom is 0.125 e. The summed E-state index contributed by atoms with van der Waals surface area (Å²) < 4.78 is 21.3. The highest BCUT2D eigenvalue weighted by Crippen LogP contribution is 2.25. The predicted octanol–water partition coefficient (Wildman–Crippen LogP) is 5.05. The van der Waals surface area contributed by atoms with Crippen molar-refractivity contribution in [3.05, 3.63) is 73.2 Å². The van der Waals surface area contributed by atoms with Crippen LogP contribution in [0.25, 0.3) is 16.6 Å². The molecule has 0 amide bonds. The monoisotopic (exact) mass is 352 g/mol. The first-order valence-corrected chi connectivity index (χ1v) is 8.96. The van der Waals surface area contributed by atoms with Crippen molar-refractivity contribution in [1.82, 2.24) is 9.47 Å². The second-order valence-corrected chi connectivity index (χ2v) is 6.49. The van der Waals surface area contributed by atoms with E-state index in [1.807, 2.05) is 47.2 Å². The lowest BCUT2D eigenvalue weighted by Crippen LogP contribution is -2.19. The van der Waals surface area contributed by atoms with E-state index in [1.54, 1.807) is 6.07 Å². The minimum absolute atomic E-state index is 0.233. The lowest BCUT2D eigenvalue weighted by atomic mass is 10.2. The second-order valence-electron chi connectivity index (χ2n) is 6.49. The Hall–Kier alpha value is -2.59. The number of likely N-dealkylation sites (N-methyl/N-ethyl adjacent to an activating group) is 1. The number of ether oxygens (including phenoxy) is 1. The minimum atomic E-state index is -0.233. The van der Waals surface area contributed by atoms with Crippen molar-refractivity contribution in [2.45, 2.75) is 12.8 Å². The lowest BCUT2D eigenvalue weighted by molar-refractivity contribution is 0.288. The third-order valence-electron chi connectivity index (χ3n) is 4.39. The van der Waals surface area contributed by atoms with Gasteiger partial charge in [-0.3, -0.25) is 0 Å². The highest BCUT2D eigenvalue weighted by atomic mass is 19.1. The van der Waals surface area contributed by atoms with Crippen molar-refractivity contribution in [2.75, 3.05) is 26.7 Å². The van der Waals surface area contributed by atoms with Crippen LogP contribution in [0, 0.1) is 5.82 Å². The summed E-state index contributed by atoms with van der Waals surface area (Å²) in [5.41, 5.74) is 1.85. The first kappa shape index (κ1) is 18.2. The van der Waals surface area contributed by atoms with Gasteiger partial charge in [0.05, 0.1) is 12.1 Å². The van der Waals surface area contributed by atoms with Crippen molar-refractivity contribution in [3.63, 3.8) is 0 Å². The van der Waals surface area contributed by atoms with Gasteiger partial charge in [0, 0.05) is 23.8 Å². The van der Waals surface area contributed by atoms with Gasteiger partial charge in [-0.2, -0.15) is 0 Å². The SMILES string of the molecule is C=CCN(C)CCCCOc1ccc2c(ccn2-c2cccc(F)c2)c1. The average Bonchev–Trinajstić information content (AvgIpc) is 3.05. The van der Waals surface area contributed by atoms with Crippen LogP contribution in [0.2, 0.25) is 0 Å². The third kappa shape index (κ3) is 4.52. The normalized spacial score (nSPS) is 11.2. The molecule has 4 heteroatoms. The van der Waals surface area contributed by atoms with Crippen molar-refractivity contribution in [3.8, 4) is 11.4 Å². The van der Waals surface area contributed by atoms with E-state index in [1.165, 1.54) is 12.1 Å². The first-order chi connectivity index (χ1) is 12.7. The molecule has 0 radical (unpaired) electrons. The van der Waals surface area contributed by atoms with E-state index in [4.69, 9.17) is 4.74 Å². The summed E-state index contributed by atoms with van der Waals surface area (Å²) in [6.45, 7) is 6.42. The van der Waals surface area contributed by atoms with Crippen molar-refractivity contribution in [2.24, 2.45) is 0 Å². The summed E-state index contributed by atoms with van der Waals surface area (Å²) in [4.78, 5) is 2.24. The van der Waals surface area contributed by atoms with Gasteiger partial charge in [-0.05, 0) is 68.9 Å². The standard InChI is InChI=1S/C22H25FN2O/c1-3-12-24(2)13-4-5-15-26-21-9-10-22-18(16-21)11-14-25(22)20-8-6-7-19(23)17-20/h3,6-11,14,16-17H,1,4-5,12-13,15H2,2H3. The number of benzene rings is 2. The maximum absolute atomic E-state index is 13.5. The molecule has 0 saturated carbocycles. The van der Waals surface area contributed by atoms with Crippen LogP contribution in [0.4, 0.5) is 4.39 Å². The van der Waals surface area contributed by atoms with Crippen LogP contribution in [0.15, 0.2) is 67.4 Å². The number of hydrogen-bond acceptors (Lipinski definition) is 2. The van der Waals surface area contributed by atoms with Gasteiger partial charge in [0.25, 0.3) is 0 Å². The molecule has 0 aliphatic carbocycles. The number of aromatic nitrogens is 1. The number of hydrogen-bond donors (Lipinski definition) is 0. The van der Waals surface area contributed by atoms with Gasteiger partial charge in [-0.25, -0.2) is 4.39 Å². The van der Waals surface area contributed by atoms with Gasteiger partial charge in [0.15, 0.2) is 0 Å². The largest absolute Gasteiger partial charge is 0.494 e. The molecule has 0 atom stereocenters. The van der Waals surface area contributed by atoms with Gasteiger partial charge in [0.2, 0.25) is 0 Å². The zero-order chi connectivity index (χ0) is 18.4. The molecule has 0 bridgehead atoms. The maximum atomic E-state index is 13.5. The summed E-state index contributed by atoms with van der Waals surface area (Å²) in [7, 11) is 2.10. The van der Waals surface area contributed by atoms with Crippen molar-refractivity contribution >= 4 is 10.9 Å². The number of halogens is 1. The van der Waals surface area contributed by atoms with E-state index in [2.05, 4.69) is 18.5 Å². The zero-order valence-electron chi connectivity index (χ0n) is 15.2. The Labute approximate surface area is 154 Å². The lowest BCUT2D eigenvalue weighted by Gasteiger charge is -2.14. The molecule has 3 aromatic rings. The van der Waals surface area contributed by atoms with E-state index in [0.29, 0.717) is 6.61 Å². The zero-order valence-corrected chi connectivity index (χ0v) is 15.2. The topological polar surface area (TPSA) is 17.4 Å². The molecule has 0 N–H and O–H groups in total. The second kappa shape index (κ2) is 8.68. The van der Waals surface area contributed by atoms with Gasteiger partial charge >= 0.3 is 0 Å². The molecule has 3 nitrogen and oxygen atoms in total. The Bertz CT molecular complexity index is 871. The minimum Gasteiger partial charge on any atom is -0.494 e. The fourth-order valence-electron chi connectivity index (χ4n) is 3.05. The summed E-state index contributed by atoms with van der Waals surface area (Å²) in [6.07, 6.45) is 5.99. The van der Waals surface area contributed by atoms with Crippen LogP contribution < -0.4 is 4.74 Å². The molecular formula is C22H25FN2O. The molecule has 26 heavy (non-hydrogen) atoms. The molecule has 0 saturated heterocycles. The van der Waals surface area contributed by atoms with Crippen LogP contribution >= 0.6 is 0 Å². The molecular weight excluding hydrogens is 327 g/mol. The Kier molecular flexibility index (Phi) is 6.08. The molecule has 2 aromatic carbocycles. The summed E-state index contributed by atoms with van der Waals surface area (Å²) in [5.74, 6) is 0.636. The highest BCUT2D eigenvalue weighted by Gasteiger charge is 2.06. The molecule has 0 spiro atoms. The van der Waals surface area contributed by atoms with Crippen molar-refractivity contribution in [1.29, 1.82) is 0 Å². The number of unbranched alkanes of at least 4 members (excludes halogenated alkanes) is 1. The highest BCUT2D eigenvalue weighted by molar-refractivity contribution is 5.83. The Morgan fingerprint density at radius 2 is 2.04 bits per heavy atom. The molecule has 0 aliphatic rings. The number of nitrogens with zero attached hydrogens (tertiary/aromatic N) is 2. The van der Waals surface area contributed by atoms with E-state index in [-0.39, 0.29) is 5.82 Å². The van der Waals surface area contributed by atoms with Crippen LogP contribution in [-0.2, 0) is 0 Å². The molecule has 0 fully saturated rings. The molecule has 1 aromatic heterocycles. The summed E-state index contributed by atoms with van der Waals surface area (Å²) in [5, 5.41) is 1.08. The number of rotatable bonds is 9. The van der Waals surface area contributed by atoms with Gasteiger partial charge in [-0.15, -0.1) is 6.58 Å². The van der Waals surface area contributed by atoms with Gasteiger partial charge in [0.1, 0.15) is 11.6 Å². The fourth-order valence-corrected chi connectivity index (χ4v) is 3.05. The molecule has 136 valence electrons. The summed E-state index contributed by atoms with van der Waals surface area (Å²) >= 11 is 0. The van der Waals surface area contributed by atoms with E-state index in [0.717, 1.165) is 48.3 Å². The van der Waals surface area contributed by atoms with E-state index >= 15 is 0 Å². The Balaban J connectivity index is 1.59. The fraction of sp³-hybridized carbons (Fsp3) is 0.273. The van der Waals surface area contributed by atoms with E-state index in [9.17, 15) is 4.39 Å². The van der Waals surface area contributed by atoms with Crippen LogP contribution in [0.3, 0.4) is 0 Å². The van der Waals surface area contributed by atoms with Crippen molar-refractivity contribution < 1.29 is 9.13 Å². The molecule has 0 unspecified atom stereocenters. The van der Waals surface area contributed by atoms with Gasteiger partial charge < -0.3 is 14.2 Å². The Morgan fingerprint density at radius 3 is 2.85 bits per heavy atom. The smallest absolute Gasteiger partial charge is 0.125 e. The summed E-state index contributed by atoms with van der Waals surface area (Å²) in [6, 6.07) is 14.7. The molecule has 3 rings (SSSR count). The first-order valence-electron chi connectivity index (χ1n) is 8.96. The number of fused-ring (bicyclic) bond motifs is 1. The van der Waals surface area contributed by atoms with Gasteiger partial charge in [-0.1, -0.05) is 12.1 Å². The van der Waals surface area contributed by atoms with Crippen LogP contribution in [0.1, 0.15) is 12.8 Å². The quantitative estimate of drug-likeness (QED) is 0.396. The van der Waals surface area contributed by atoms with Crippen LogP contribution in [-0.4, -0.2) is 36.2 Å². The Morgan fingerprint density at radius 1 is 1.15 bits per heavy atom. The van der Waals surface area contributed by atoms with Crippen LogP contribution in [0.5, 0.6) is 5.75 Å². The molecule has 0 aliphatic heterocycles. The third-order valence-corrected chi connectivity index (χ3v) is 4.39. The molecule has 1 heterocycles. The van der Waals surface area contributed by atoms with E-state index < -0.39 is 0 Å². The average molecular weight is 352 g/mol. The predicted molar refractivity (Wildman–Crippen MR) is 106 cm³/mol.